The summed E-state index contributed by atoms with van der Waals surface area (Å²) in [6.45, 7) is 11.5. The summed E-state index contributed by atoms with van der Waals surface area (Å²) in [6, 6.07) is 10.3. The van der Waals surface area contributed by atoms with Crippen molar-refractivity contribution in [1.82, 2.24) is 5.32 Å². The van der Waals surface area contributed by atoms with E-state index in [0.717, 1.165) is 34.7 Å². The molecule has 178 valence electrons. The Hall–Kier alpha value is -3.12. The van der Waals surface area contributed by atoms with E-state index < -0.39 is 17.8 Å². The molecule has 2 heterocycles. The van der Waals surface area contributed by atoms with E-state index in [2.05, 4.69) is 37.9 Å². The van der Waals surface area contributed by atoms with Crippen LogP contribution >= 0.6 is 11.6 Å². The summed E-state index contributed by atoms with van der Waals surface area (Å²) < 4.78 is 0. The van der Waals surface area contributed by atoms with Crippen molar-refractivity contribution < 1.29 is 14.4 Å². The molecule has 2 aliphatic heterocycles. The van der Waals surface area contributed by atoms with E-state index in [-0.39, 0.29) is 17.0 Å². The van der Waals surface area contributed by atoms with Gasteiger partial charge in [0, 0.05) is 22.8 Å². The number of urea groups is 1. The largest absolute Gasteiger partial charge is 0.366 e. The molecule has 1 saturated heterocycles. The second-order valence-corrected chi connectivity index (χ2v) is 9.94. The van der Waals surface area contributed by atoms with E-state index in [0.29, 0.717) is 22.7 Å². The number of aryl methyl sites for hydroxylation is 1. The van der Waals surface area contributed by atoms with Gasteiger partial charge in [0.15, 0.2) is 0 Å². The maximum absolute atomic E-state index is 13.4. The Balaban J connectivity index is 1.79. The third kappa shape index (κ3) is 4.00. The molecule has 4 rings (SSSR count). The molecule has 0 bridgehead atoms. The summed E-state index contributed by atoms with van der Waals surface area (Å²) in [6.07, 6.45) is 3.11. The van der Waals surface area contributed by atoms with Gasteiger partial charge in [-0.3, -0.25) is 14.9 Å². The zero-order valence-electron chi connectivity index (χ0n) is 20.2. The highest BCUT2D eigenvalue weighted by atomic mass is 35.5. The van der Waals surface area contributed by atoms with Crippen molar-refractivity contribution in [3.8, 4) is 0 Å². The van der Waals surface area contributed by atoms with Gasteiger partial charge >= 0.3 is 6.03 Å². The fourth-order valence-electron chi connectivity index (χ4n) is 5.29. The van der Waals surface area contributed by atoms with Gasteiger partial charge in [-0.15, -0.1) is 0 Å². The summed E-state index contributed by atoms with van der Waals surface area (Å²) in [5.74, 6) is -1.10. The number of anilines is 2. The molecule has 0 spiro atoms. The average Bonchev–Trinajstić information content (AvgIpc) is 2.77. The third-order valence-electron chi connectivity index (χ3n) is 6.84. The molecule has 1 atom stereocenters. The molecular weight excluding hydrogens is 450 g/mol. The first kappa shape index (κ1) is 24.0. The Morgan fingerprint density at radius 3 is 2.50 bits per heavy atom. The molecule has 2 aromatic carbocycles. The molecule has 1 N–H and O–H groups in total. The van der Waals surface area contributed by atoms with Crippen molar-refractivity contribution >= 4 is 46.9 Å². The van der Waals surface area contributed by atoms with Crippen LogP contribution < -0.4 is 15.1 Å². The number of rotatable bonds is 4. The van der Waals surface area contributed by atoms with Crippen LogP contribution in [0.3, 0.4) is 0 Å². The lowest BCUT2D eigenvalue weighted by atomic mass is 9.79. The molecule has 7 heteroatoms. The number of imide groups is 2. The highest BCUT2D eigenvalue weighted by Gasteiger charge is 2.39. The van der Waals surface area contributed by atoms with Gasteiger partial charge in [-0.25, -0.2) is 9.69 Å². The highest BCUT2D eigenvalue weighted by Crippen LogP contribution is 2.45. The van der Waals surface area contributed by atoms with Crippen molar-refractivity contribution in [2.45, 2.75) is 58.9 Å². The minimum Gasteiger partial charge on any atom is -0.366 e. The lowest BCUT2D eigenvalue weighted by Crippen LogP contribution is -2.54. The quantitative estimate of drug-likeness (QED) is 0.452. The Morgan fingerprint density at radius 1 is 1.12 bits per heavy atom. The number of para-hydroxylation sites is 1. The topological polar surface area (TPSA) is 69.7 Å². The van der Waals surface area contributed by atoms with Gasteiger partial charge in [0.25, 0.3) is 11.8 Å². The minimum absolute atomic E-state index is 0.00275. The van der Waals surface area contributed by atoms with Gasteiger partial charge in [-0.05, 0) is 80.5 Å². The lowest BCUT2D eigenvalue weighted by molar-refractivity contribution is -0.122. The maximum atomic E-state index is 13.4. The second-order valence-electron chi connectivity index (χ2n) is 9.53. The molecule has 34 heavy (non-hydrogen) atoms. The van der Waals surface area contributed by atoms with Crippen LogP contribution in [0.1, 0.15) is 63.6 Å². The number of halogens is 1. The number of nitrogens with zero attached hydrogens (tertiary/aromatic N) is 2. The lowest BCUT2D eigenvalue weighted by Gasteiger charge is -2.47. The van der Waals surface area contributed by atoms with Crippen LogP contribution in [-0.2, 0) is 16.0 Å². The Kier molecular flexibility index (Phi) is 6.30. The van der Waals surface area contributed by atoms with Gasteiger partial charge in [0.05, 0.1) is 5.69 Å². The number of carbonyl (C=O) groups is 3. The summed E-state index contributed by atoms with van der Waals surface area (Å²) in [7, 11) is 0. The SMILES string of the molecule is CCc1ccccc1N1C(=O)NC(=O)/C(=C/c2cc3c(cc2Cl)N(CC)C(C)(C)CC3C)C1=O. The van der Waals surface area contributed by atoms with Crippen molar-refractivity contribution in [2.75, 3.05) is 16.3 Å². The molecule has 6 nitrogen and oxygen atoms in total. The number of hydrogen-bond donors (Lipinski definition) is 1. The third-order valence-corrected chi connectivity index (χ3v) is 7.16. The molecule has 0 radical (unpaired) electrons. The van der Waals surface area contributed by atoms with Crippen LogP contribution in [0.15, 0.2) is 42.0 Å². The fraction of sp³-hybridized carbons (Fsp3) is 0.370. The number of barbiturate groups is 1. The van der Waals surface area contributed by atoms with Gasteiger partial charge in [-0.2, -0.15) is 0 Å². The molecule has 4 amide bonds. The van der Waals surface area contributed by atoms with Crippen LogP contribution in [0.2, 0.25) is 5.02 Å². The molecule has 1 fully saturated rings. The number of hydrogen-bond acceptors (Lipinski definition) is 4. The summed E-state index contributed by atoms with van der Waals surface area (Å²) in [5.41, 5.74) is 3.97. The first-order valence-corrected chi connectivity index (χ1v) is 12.1. The van der Waals surface area contributed by atoms with E-state index in [1.807, 2.05) is 31.2 Å². The van der Waals surface area contributed by atoms with Gasteiger partial charge in [0.1, 0.15) is 5.57 Å². The number of benzene rings is 2. The second kappa shape index (κ2) is 8.91. The van der Waals surface area contributed by atoms with Gasteiger partial charge < -0.3 is 4.90 Å². The Labute approximate surface area is 205 Å². The zero-order valence-corrected chi connectivity index (χ0v) is 21.0. The van der Waals surface area contributed by atoms with Gasteiger partial charge in [0.2, 0.25) is 0 Å². The predicted molar refractivity (Wildman–Crippen MR) is 136 cm³/mol. The number of carbonyl (C=O) groups excluding carboxylic acids is 3. The predicted octanol–water partition coefficient (Wildman–Crippen LogP) is 5.68. The molecule has 0 aliphatic carbocycles. The summed E-state index contributed by atoms with van der Waals surface area (Å²) >= 11 is 6.67. The monoisotopic (exact) mass is 479 g/mol. The zero-order chi connectivity index (χ0) is 24.8. The highest BCUT2D eigenvalue weighted by molar-refractivity contribution is 6.40. The number of amides is 4. The van der Waals surface area contributed by atoms with E-state index in [4.69, 9.17) is 11.6 Å². The first-order chi connectivity index (χ1) is 16.1. The molecule has 2 aromatic rings. The van der Waals surface area contributed by atoms with Crippen LogP contribution in [0, 0.1) is 0 Å². The van der Waals surface area contributed by atoms with Crippen LogP contribution in [0.5, 0.6) is 0 Å². The minimum atomic E-state index is -0.751. The standard InChI is InChI=1S/C27H30ClN3O3/c1-6-17-10-8-9-11-22(17)31-25(33)20(24(32)29-26(31)34)13-18-12-19-16(3)15-27(4,5)30(7-2)23(19)14-21(18)28/h8-14,16H,6-7,15H2,1-5H3,(H,29,32,34)/b20-13-. The van der Waals surface area contributed by atoms with Crippen LogP contribution in [0.4, 0.5) is 16.2 Å². The average molecular weight is 480 g/mol. The first-order valence-electron chi connectivity index (χ1n) is 11.7. The van der Waals surface area contributed by atoms with E-state index in [9.17, 15) is 14.4 Å². The van der Waals surface area contributed by atoms with Gasteiger partial charge in [-0.1, -0.05) is 43.6 Å². The normalized spacial score (nSPS) is 21.1. The van der Waals surface area contributed by atoms with E-state index in [1.165, 1.54) is 6.08 Å². The van der Waals surface area contributed by atoms with Crippen molar-refractivity contribution in [3.63, 3.8) is 0 Å². The fourth-order valence-corrected chi connectivity index (χ4v) is 5.50. The van der Waals surface area contributed by atoms with Crippen LogP contribution in [-0.4, -0.2) is 29.9 Å². The van der Waals surface area contributed by atoms with E-state index in [1.54, 1.807) is 12.1 Å². The molecular formula is C27H30ClN3O3. The maximum Gasteiger partial charge on any atom is 0.335 e. The number of fused-ring (bicyclic) bond motifs is 1. The summed E-state index contributed by atoms with van der Waals surface area (Å²) in [4.78, 5) is 42.1. The molecule has 1 unspecified atom stereocenters. The smallest absolute Gasteiger partial charge is 0.335 e. The van der Waals surface area contributed by atoms with Crippen LogP contribution in [0.25, 0.3) is 6.08 Å². The van der Waals surface area contributed by atoms with Crippen molar-refractivity contribution in [1.29, 1.82) is 0 Å². The molecule has 2 aliphatic rings. The van der Waals surface area contributed by atoms with Crippen molar-refractivity contribution in [2.24, 2.45) is 0 Å². The molecule has 0 aromatic heterocycles. The Morgan fingerprint density at radius 2 is 1.82 bits per heavy atom. The summed E-state index contributed by atoms with van der Waals surface area (Å²) in [5, 5.41) is 2.76. The molecule has 0 saturated carbocycles. The van der Waals surface area contributed by atoms with Crippen molar-refractivity contribution in [3.05, 3.63) is 63.7 Å². The Bertz CT molecular complexity index is 1220. The number of nitrogens with one attached hydrogen (secondary N) is 1. The van der Waals surface area contributed by atoms with E-state index >= 15 is 0 Å².